The van der Waals surface area contributed by atoms with Gasteiger partial charge in [-0.05, 0) is 38.4 Å². The maximum atomic E-state index is 3.49. The predicted molar refractivity (Wildman–Crippen MR) is 84.6 cm³/mol. The molecule has 0 radical (unpaired) electrons. The van der Waals surface area contributed by atoms with Crippen molar-refractivity contribution in [3.8, 4) is 0 Å². The lowest BCUT2D eigenvalue weighted by atomic mass is 10.1. The summed E-state index contributed by atoms with van der Waals surface area (Å²) in [6.07, 6.45) is 5.56. The normalized spacial score (nSPS) is 21.8. The van der Waals surface area contributed by atoms with Crippen LogP contribution < -0.4 is 5.32 Å². The molecular formula is C16H28N2S. The number of thiophene rings is 1. The third-order valence-corrected chi connectivity index (χ3v) is 5.02. The molecule has 0 amide bonds. The molecule has 1 unspecified atom stereocenters. The minimum atomic E-state index is 0.566. The van der Waals surface area contributed by atoms with Gasteiger partial charge in [0.25, 0.3) is 0 Å². The first-order chi connectivity index (χ1) is 9.15. The Balaban J connectivity index is 1.87. The molecule has 0 bridgehead atoms. The number of likely N-dealkylation sites (tertiary alicyclic amines) is 1. The fourth-order valence-electron chi connectivity index (χ4n) is 2.68. The van der Waals surface area contributed by atoms with Crippen LogP contribution in [0.5, 0.6) is 0 Å². The SMILES string of the molecule is CC(C)NCc1ccc(CN2CCCCCC2C)s1. The van der Waals surface area contributed by atoms with E-state index in [1.54, 1.807) is 0 Å². The van der Waals surface area contributed by atoms with Crippen molar-refractivity contribution in [1.29, 1.82) is 0 Å². The second-order valence-electron chi connectivity index (χ2n) is 6.07. The van der Waals surface area contributed by atoms with Crippen LogP contribution in [0.25, 0.3) is 0 Å². The van der Waals surface area contributed by atoms with Gasteiger partial charge < -0.3 is 5.32 Å². The zero-order valence-electron chi connectivity index (χ0n) is 12.6. The second-order valence-corrected chi connectivity index (χ2v) is 7.33. The van der Waals surface area contributed by atoms with Crippen LogP contribution in [0.15, 0.2) is 12.1 Å². The van der Waals surface area contributed by atoms with Gasteiger partial charge in [-0.1, -0.05) is 26.7 Å². The van der Waals surface area contributed by atoms with E-state index in [1.165, 1.54) is 42.0 Å². The first kappa shape index (κ1) is 15.0. The summed E-state index contributed by atoms with van der Waals surface area (Å²) in [4.78, 5) is 5.65. The van der Waals surface area contributed by atoms with Crippen molar-refractivity contribution in [3.63, 3.8) is 0 Å². The predicted octanol–water partition coefficient (Wildman–Crippen LogP) is 4.01. The van der Waals surface area contributed by atoms with Gasteiger partial charge in [-0.25, -0.2) is 0 Å². The minimum absolute atomic E-state index is 0.566. The van der Waals surface area contributed by atoms with Crippen molar-refractivity contribution >= 4 is 11.3 Å². The van der Waals surface area contributed by atoms with Crippen molar-refractivity contribution in [2.24, 2.45) is 0 Å². The van der Waals surface area contributed by atoms with Gasteiger partial charge in [0, 0.05) is 34.9 Å². The van der Waals surface area contributed by atoms with Gasteiger partial charge in [-0.15, -0.1) is 11.3 Å². The third-order valence-electron chi connectivity index (χ3n) is 3.95. The highest BCUT2D eigenvalue weighted by atomic mass is 32.1. The number of rotatable bonds is 5. The maximum absolute atomic E-state index is 3.49. The maximum Gasteiger partial charge on any atom is 0.0330 e. The summed E-state index contributed by atoms with van der Waals surface area (Å²) >= 11 is 1.97. The summed E-state index contributed by atoms with van der Waals surface area (Å²) in [6, 6.07) is 5.93. The Labute approximate surface area is 122 Å². The molecule has 0 aliphatic carbocycles. The Morgan fingerprint density at radius 3 is 2.84 bits per heavy atom. The molecule has 2 rings (SSSR count). The summed E-state index contributed by atoms with van der Waals surface area (Å²) in [6.45, 7) is 10.2. The molecule has 1 fully saturated rings. The molecule has 0 spiro atoms. The quantitative estimate of drug-likeness (QED) is 0.876. The van der Waals surface area contributed by atoms with Gasteiger partial charge >= 0.3 is 0 Å². The number of hydrogen-bond acceptors (Lipinski definition) is 3. The summed E-state index contributed by atoms with van der Waals surface area (Å²) < 4.78 is 0. The Bertz CT molecular complexity index is 373. The van der Waals surface area contributed by atoms with Crippen LogP contribution in [0.2, 0.25) is 0 Å². The molecule has 3 heteroatoms. The van der Waals surface area contributed by atoms with Crippen LogP contribution in [-0.2, 0) is 13.1 Å². The average molecular weight is 280 g/mol. The van der Waals surface area contributed by atoms with Gasteiger partial charge in [0.2, 0.25) is 0 Å². The molecule has 1 atom stereocenters. The second kappa shape index (κ2) is 7.41. The first-order valence-corrected chi connectivity index (χ1v) is 8.52. The van der Waals surface area contributed by atoms with Crippen molar-refractivity contribution in [3.05, 3.63) is 21.9 Å². The van der Waals surface area contributed by atoms with E-state index in [4.69, 9.17) is 0 Å². The third kappa shape index (κ3) is 4.90. The van der Waals surface area contributed by atoms with Crippen LogP contribution in [0.4, 0.5) is 0 Å². The molecule has 1 aliphatic rings. The van der Waals surface area contributed by atoms with Crippen molar-refractivity contribution in [1.82, 2.24) is 10.2 Å². The highest BCUT2D eigenvalue weighted by Gasteiger charge is 2.17. The molecule has 19 heavy (non-hydrogen) atoms. The van der Waals surface area contributed by atoms with Gasteiger partial charge in [0.05, 0.1) is 0 Å². The Morgan fingerprint density at radius 1 is 1.26 bits per heavy atom. The number of hydrogen-bond donors (Lipinski definition) is 1. The molecule has 0 aromatic carbocycles. The van der Waals surface area contributed by atoms with Crippen LogP contribution in [0.3, 0.4) is 0 Å². The lowest BCUT2D eigenvalue weighted by Gasteiger charge is -2.26. The molecule has 1 aromatic heterocycles. The van der Waals surface area contributed by atoms with E-state index >= 15 is 0 Å². The van der Waals surface area contributed by atoms with E-state index in [2.05, 4.69) is 43.1 Å². The number of nitrogens with zero attached hydrogens (tertiary/aromatic N) is 1. The van der Waals surface area contributed by atoms with Crippen LogP contribution in [-0.4, -0.2) is 23.5 Å². The Morgan fingerprint density at radius 2 is 2.05 bits per heavy atom. The molecule has 1 N–H and O–H groups in total. The molecule has 2 nitrogen and oxygen atoms in total. The smallest absolute Gasteiger partial charge is 0.0330 e. The zero-order chi connectivity index (χ0) is 13.7. The fourth-order valence-corrected chi connectivity index (χ4v) is 3.67. The van der Waals surface area contributed by atoms with E-state index in [9.17, 15) is 0 Å². The first-order valence-electron chi connectivity index (χ1n) is 7.70. The fraction of sp³-hybridized carbons (Fsp3) is 0.750. The van der Waals surface area contributed by atoms with Gasteiger partial charge in [-0.2, -0.15) is 0 Å². The van der Waals surface area contributed by atoms with Crippen molar-refractivity contribution in [2.75, 3.05) is 6.54 Å². The minimum Gasteiger partial charge on any atom is -0.310 e. The monoisotopic (exact) mass is 280 g/mol. The summed E-state index contributed by atoms with van der Waals surface area (Å²) in [5.74, 6) is 0. The van der Waals surface area contributed by atoms with Crippen LogP contribution in [0, 0.1) is 0 Å². The summed E-state index contributed by atoms with van der Waals surface area (Å²) in [5, 5.41) is 3.49. The van der Waals surface area contributed by atoms with E-state index < -0.39 is 0 Å². The van der Waals surface area contributed by atoms with Crippen LogP contribution >= 0.6 is 11.3 Å². The molecule has 2 heterocycles. The van der Waals surface area contributed by atoms with E-state index in [-0.39, 0.29) is 0 Å². The summed E-state index contributed by atoms with van der Waals surface area (Å²) in [7, 11) is 0. The largest absolute Gasteiger partial charge is 0.310 e. The van der Waals surface area contributed by atoms with Crippen LogP contribution in [0.1, 0.15) is 56.2 Å². The van der Waals surface area contributed by atoms with E-state index in [0.717, 1.165) is 19.1 Å². The molecule has 1 saturated heterocycles. The van der Waals surface area contributed by atoms with E-state index in [1.807, 2.05) is 11.3 Å². The molecule has 1 aliphatic heterocycles. The van der Waals surface area contributed by atoms with Crippen molar-refractivity contribution < 1.29 is 0 Å². The lowest BCUT2D eigenvalue weighted by Crippen LogP contribution is -2.31. The summed E-state index contributed by atoms with van der Waals surface area (Å²) in [5.41, 5.74) is 0. The van der Waals surface area contributed by atoms with Crippen molar-refractivity contribution in [2.45, 2.75) is 71.6 Å². The molecule has 0 saturated carbocycles. The van der Waals surface area contributed by atoms with Gasteiger partial charge in [0.15, 0.2) is 0 Å². The van der Waals surface area contributed by atoms with Gasteiger partial charge in [-0.3, -0.25) is 4.90 Å². The number of nitrogens with one attached hydrogen (secondary N) is 1. The molecule has 108 valence electrons. The standard InChI is InChI=1S/C16H28N2S/c1-13(2)17-11-15-8-9-16(19-15)12-18-10-6-4-5-7-14(18)3/h8-9,13-14,17H,4-7,10-12H2,1-3H3. The Hall–Kier alpha value is -0.380. The van der Waals surface area contributed by atoms with Gasteiger partial charge in [0.1, 0.15) is 0 Å². The molecular weight excluding hydrogens is 252 g/mol. The van der Waals surface area contributed by atoms with E-state index in [0.29, 0.717) is 6.04 Å². The Kier molecular flexibility index (Phi) is 5.86. The zero-order valence-corrected chi connectivity index (χ0v) is 13.4. The molecule has 1 aromatic rings. The highest BCUT2D eigenvalue weighted by molar-refractivity contribution is 7.11. The average Bonchev–Trinajstić information content (AvgIpc) is 2.72. The lowest BCUT2D eigenvalue weighted by molar-refractivity contribution is 0.207. The topological polar surface area (TPSA) is 15.3 Å². The highest BCUT2D eigenvalue weighted by Crippen LogP contribution is 2.23.